The quantitative estimate of drug-likeness (QED) is 0.126. The number of hydrogen-bond donors (Lipinski definition) is 0. The van der Waals surface area contributed by atoms with E-state index in [1.807, 2.05) is 0 Å². The number of para-hydroxylation sites is 2. The van der Waals surface area contributed by atoms with Gasteiger partial charge in [0, 0.05) is 33.4 Å². The zero-order chi connectivity index (χ0) is 59.2. The van der Waals surface area contributed by atoms with E-state index in [0.717, 1.165) is 73.1 Å². The smallest absolute Gasteiger partial charge is 0.0888 e. The fourth-order valence-corrected chi connectivity index (χ4v) is 13.3. The molecule has 3 nitrogen and oxygen atoms in total. The van der Waals surface area contributed by atoms with Crippen LogP contribution in [-0.2, 0) is 16.2 Å². The number of benzene rings is 13. The molecule has 420 valence electrons. The summed E-state index contributed by atoms with van der Waals surface area (Å²) in [4.78, 5) is 4.82. The fraction of sp³-hybridized carbons (Fsp3) is 0.146. The number of anilines is 6. The highest BCUT2D eigenvalue weighted by molar-refractivity contribution is 6.37. The van der Waals surface area contributed by atoms with Gasteiger partial charge < -0.3 is 14.4 Å². The summed E-state index contributed by atoms with van der Waals surface area (Å²) in [5.74, 6) is 0. The second kappa shape index (κ2) is 21.0. The second-order valence-corrected chi connectivity index (χ2v) is 26.8. The first-order valence-electron chi connectivity index (χ1n) is 30.2. The summed E-state index contributed by atoms with van der Waals surface area (Å²) in [5, 5.41) is 10.5. The van der Waals surface area contributed by atoms with Crippen LogP contribution < -0.4 is 9.80 Å². The van der Waals surface area contributed by atoms with E-state index >= 15 is 0 Å². The summed E-state index contributed by atoms with van der Waals surface area (Å²) in [6.07, 6.45) is 0. The van der Waals surface area contributed by atoms with E-state index in [-0.39, 0.29) is 16.2 Å². The molecule has 0 amide bonds. The van der Waals surface area contributed by atoms with Crippen molar-refractivity contribution < 1.29 is 0 Å². The maximum Gasteiger partial charge on any atom is 0.0888 e. The van der Waals surface area contributed by atoms with Gasteiger partial charge in [-0.15, -0.1) is 0 Å². The Balaban J connectivity index is 1.09. The Morgan fingerprint density at radius 1 is 0.302 bits per heavy atom. The minimum Gasteiger partial charge on any atom is -0.309 e. The van der Waals surface area contributed by atoms with Gasteiger partial charge in [0.15, 0.2) is 0 Å². The Labute approximate surface area is 511 Å². The molecule has 0 aliphatic carbocycles. The fourth-order valence-electron chi connectivity index (χ4n) is 13.0. The monoisotopic (exact) mass is 1130 g/mol. The molecule has 0 bridgehead atoms. The molecule has 0 saturated heterocycles. The molecule has 0 radical (unpaired) electrons. The predicted octanol–water partition coefficient (Wildman–Crippen LogP) is 24.2. The second-order valence-electron chi connectivity index (χ2n) is 26.4. The van der Waals surface area contributed by atoms with Crippen LogP contribution in [-0.4, -0.2) is 4.57 Å². The molecular formula is C82H70ClN3. The molecule has 0 N–H and O–H groups in total. The van der Waals surface area contributed by atoms with E-state index in [1.54, 1.807) is 0 Å². The van der Waals surface area contributed by atoms with Crippen molar-refractivity contribution in [1.82, 2.24) is 4.57 Å². The Morgan fingerprint density at radius 3 is 1.33 bits per heavy atom. The largest absolute Gasteiger partial charge is 0.309 e. The van der Waals surface area contributed by atoms with Crippen LogP contribution in [0.1, 0.15) is 79.0 Å². The number of nitrogens with zero attached hydrogens (tertiary/aromatic N) is 3. The van der Waals surface area contributed by atoms with Crippen LogP contribution in [0.3, 0.4) is 0 Å². The maximum atomic E-state index is 8.63. The molecule has 0 aliphatic rings. The Hall–Kier alpha value is -9.41. The van der Waals surface area contributed by atoms with Gasteiger partial charge in [-0.05, 0) is 178 Å². The molecule has 0 aliphatic heterocycles. The first-order chi connectivity index (χ1) is 41.5. The lowest BCUT2D eigenvalue weighted by Gasteiger charge is -2.34. The van der Waals surface area contributed by atoms with Crippen molar-refractivity contribution in [2.75, 3.05) is 9.80 Å². The van der Waals surface area contributed by atoms with Crippen molar-refractivity contribution in [3.63, 3.8) is 0 Å². The molecule has 13 aromatic carbocycles. The third kappa shape index (κ3) is 9.65. The van der Waals surface area contributed by atoms with Gasteiger partial charge >= 0.3 is 0 Å². The molecule has 14 rings (SSSR count). The minimum atomic E-state index is -0.150. The average Bonchev–Trinajstić information content (AvgIpc) is 1.22. The summed E-state index contributed by atoms with van der Waals surface area (Å²) in [5.41, 5.74) is 19.2. The highest BCUT2D eigenvalue weighted by Crippen LogP contribution is 2.53. The van der Waals surface area contributed by atoms with E-state index in [9.17, 15) is 0 Å². The average molecular weight is 1130 g/mol. The lowest BCUT2D eigenvalue weighted by atomic mass is 9.84. The molecule has 0 spiro atoms. The summed E-state index contributed by atoms with van der Waals surface area (Å²) in [7, 11) is 0. The van der Waals surface area contributed by atoms with Crippen molar-refractivity contribution in [1.29, 1.82) is 0 Å². The van der Waals surface area contributed by atoms with Gasteiger partial charge in [0.05, 0.1) is 38.8 Å². The number of hydrogen-bond acceptors (Lipinski definition) is 2. The Morgan fingerprint density at radius 2 is 0.756 bits per heavy atom. The van der Waals surface area contributed by atoms with Gasteiger partial charge in [-0.25, -0.2) is 0 Å². The topological polar surface area (TPSA) is 11.4 Å². The highest BCUT2D eigenvalue weighted by Gasteiger charge is 2.30. The summed E-state index contributed by atoms with van der Waals surface area (Å²) in [6, 6.07) is 96.7. The third-order valence-electron chi connectivity index (χ3n) is 17.6. The Kier molecular flexibility index (Phi) is 13.3. The molecule has 0 unspecified atom stereocenters. The first kappa shape index (κ1) is 54.5. The van der Waals surface area contributed by atoms with Gasteiger partial charge in [-0.2, -0.15) is 0 Å². The highest BCUT2D eigenvalue weighted by atomic mass is 35.5. The minimum absolute atomic E-state index is 0.0647. The summed E-state index contributed by atoms with van der Waals surface area (Å²) < 4.78 is 2.44. The zero-order valence-corrected chi connectivity index (χ0v) is 51.3. The van der Waals surface area contributed by atoms with Crippen molar-refractivity contribution in [3.8, 4) is 39.1 Å². The molecule has 14 aromatic rings. The molecule has 1 heterocycles. The zero-order valence-electron chi connectivity index (χ0n) is 50.5. The van der Waals surface area contributed by atoms with Crippen LogP contribution in [0, 0.1) is 0 Å². The molecule has 4 heteroatoms. The van der Waals surface area contributed by atoms with Crippen LogP contribution in [0.4, 0.5) is 34.1 Å². The lowest BCUT2D eigenvalue weighted by molar-refractivity contribution is 0.590. The van der Waals surface area contributed by atoms with Crippen LogP contribution in [0.5, 0.6) is 0 Å². The summed E-state index contributed by atoms with van der Waals surface area (Å²) in [6.45, 7) is 20.6. The first-order valence-corrected chi connectivity index (χ1v) is 30.5. The molecule has 0 saturated carbocycles. The van der Waals surface area contributed by atoms with Crippen molar-refractivity contribution in [2.24, 2.45) is 0 Å². The third-order valence-corrected chi connectivity index (χ3v) is 18.0. The molecule has 1 aromatic heterocycles. The van der Waals surface area contributed by atoms with E-state index in [0.29, 0.717) is 5.02 Å². The van der Waals surface area contributed by atoms with E-state index in [1.165, 1.54) is 70.9 Å². The van der Waals surface area contributed by atoms with Gasteiger partial charge in [0.2, 0.25) is 0 Å². The van der Waals surface area contributed by atoms with Gasteiger partial charge in [0.1, 0.15) is 0 Å². The SMILES string of the molecule is CC(C)(C)c1ccc(N(c2cccc(-c3ccccc3-c3ccccc3)c2)c2cc(-n3c4ccccc4c4ccccc43)cc(N(c3ccc(C(C)(C)C)cc3)c3ccc(C(C)(C)C)cc3-c3cc4ccc5cccc6ccc(c3)c4c56)c2Cl)cc1. The van der Waals surface area contributed by atoms with Crippen LogP contribution in [0.2, 0.25) is 5.02 Å². The maximum absolute atomic E-state index is 8.63. The van der Waals surface area contributed by atoms with Gasteiger partial charge in [-0.3, -0.25) is 0 Å². The van der Waals surface area contributed by atoms with Crippen molar-refractivity contribution >= 4 is 99.8 Å². The number of rotatable bonds is 10. The molecule has 0 fully saturated rings. The van der Waals surface area contributed by atoms with E-state index in [2.05, 4.69) is 338 Å². The van der Waals surface area contributed by atoms with Crippen molar-refractivity contribution in [2.45, 2.75) is 78.6 Å². The van der Waals surface area contributed by atoms with Gasteiger partial charge in [0.25, 0.3) is 0 Å². The number of aromatic nitrogens is 1. The lowest BCUT2D eigenvalue weighted by Crippen LogP contribution is -2.18. The number of fused-ring (bicyclic) bond motifs is 3. The van der Waals surface area contributed by atoms with Gasteiger partial charge in [-0.1, -0.05) is 250 Å². The van der Waals surface area contributed by atoms with E-state index in [4.69, 9.17) is 11.6 Å². The normalized spacial score (nSPS) is 12.3. The number of halogens is 1. The molecule has 0 atom stereocenters. The standard InChI is InChI=1S/C82H70ClN3/c1-80(2,3)60-37-42-63(43-38-60)84(65-26-20-25-56(49-65)68-28-14-13-27-67(68)53-21-11-10-12-22-53)75-51-66(86-72-31-17-15-29-69(72)70-30-16-18-32-73(70)86)52-76(79(75)83)85(64-44-39-61(40-45-64)81(4,5)6)74-46-41-62(82(7,8)9)50-71(74)59-47-57-35-33-54-23-19-24-55-34-36-58(48-59)78(57)77(54)55/h10-52H,1-9H3. The van der Waals surface area contributed by atoms with Crippen LogP contribution in [0.15, 0.2) is 261 Å². The van der Waals surface area contributed by atoms with Crippen molar-refractivity contribution in [3.05, 3.63) is 283 Å². The van der Waals surface area contributed by atoms with Crippen LogP contribution >= 0.6 is 11.6 Å². The van der Waals surface area contributed by atoms with E-state index < -0.39 is 0 Å². The Bertz CT molecular complexity index is 4760. The molecule has 86 heavy (non-hydrogen) atoms. The summed E-state index contributed by atoms with van der Waals surface area (Å²) >= 11 is 8.63. The molecular weight excluding hydrogens is 1060 g/mol. The predicted molar refractivity (Wildman–Crippen MR) is 371 cm³/mol. The van der Waals surface area contributed by atoms with Crippen LogP contribution in [0.25, 0.3) is 93.2 Å².